The molecule has 0 unspecified atom stereocenters. The van der Waals surface area contributed by atoms with Gasteiger partial charge in [-0.05, 0) is 60.8 Å². The Morgan fingerprint density at radius 3 is 2.14 bits per heavy atom. The Morgan fingerprint density at radius 1 is 0.750 bits per heavy atom. The van der Waals surface area contributed by atoms with Gasteiger partial charge in [0.1, 0.15) is 11.4 Å². The van der Waals surface area contributed by atoms with E-state index in [-0.39, 0.29) is 0 Å². The molecular weight excluding hydrogens is 460 g/mol. The molecule has 0 atom stereocenters. The average molecular weight is 487 g/mol. The molecular formula is C28H26N2O6. The molecule has 0 fully saturated rings. The van der Waals surface area contributed by atoms with Crippen LogP contribution < -0.4 is 18.9 Å². The van der Waals surface area contributed by atoms with Crippen LogP contribution in [0.2, 0.25) is 0 Å². The largest absolute Gasteiger partial charge is 0.493 e. The second kappa shape index (κ2) is 10.8. The molecule has 0 saturated carbocycles. The van der Waals surface area contributed by atoms with E-state index in [2.05, 4.69) is 10.1 Å². The van der Waals surface area contributed by atoms with Crippen LogP contribution in [0.4, 0.5) is 0 Å². The molecule has 184 valence electrons. The van der Waals surface area contributed by atoms with E-state index < -0.39 is 5.97 Å². The second-order valence-electron chi connectivity index (χ2n) is 7.85. The van der Waals surface area contributed by atoms with Crippen molar-refractivity contribution in [1.29, 1.82) is 0 Å². The molecule has 8 nitrogen and oxygen atoms in total. The maximum Gasteiger partial charge on any atom is 0.365 e. The van der Waals surface area contributed by atoms with Gasteiger partial charge < -0.3 is 23.8 Å². The number of hydrogen-bond donors (Lipinski definition) is 0. The van der Waals surface area contributed by atoms with E-state index in [1.807, 2.05) is 31.2 Å². The lowest BCUT2D eigenvalue weighted by Gasteiger charge is -2.14. The first-order chi connectivity index (χ1) is 17.5. The zero-order valence-electron chi connectivity index (χ0n) is 20.7. The first-order valence-electron chi connectivity index (χ1n) is 11.1. The quantitative estimate of drug-likeness (QED) is 0.192. The third kappa shape index (κ3) is 4.93. The summed E-state index contributed by atoms with van der Waals surface area (Å²) in [5.41, 5.74) is 2.75. The predicted octanol–water partition coefficient (Wildman–Crippen LogP) is 5.19. The van der Waals surface area contributed by atoms with Crippen molar-refractivity contribution in [3.63, 3.8) is 0 Å². The summed E-state index contributed by atoms with van der Waals surface area (Å²) in [6.45, 7) is 1.90. The Bertz CT molecular complexity index is 1450. The van der Waals surface area contributed by atoms with E-state index >= 15 is 0 Å². The molecule has 4 rings (SSSR count). The number of carbonyl (C=O) groups is 1. The van der Waals surface area contributed by atoms with Crippen molar-refractivity contribution in [1.82, 2.24) is 4.98 Å². The molecule has 4 aromatic rings. The minimum absolute atomic E-state index is 0.328. The molecule has 0 aliphatic heterocycles. The minimum Gasteiger partial charge on any atom is -0.493 e. The zero-order valence-corrected chi connectivity index (χ0v) is 20.7. The molecule has 0 N–H and O–H groups in total. The first-order valence-corrected chi connectivity index (χ1v) is 11.1. The molecule has 0 amide bonds. The average Bonchev–Trinajstić information content (AvgIpc) is 2.92. The zero-order chi connectivity index (χ0) is 25.7. The van der Waals surface area contributed by atoms with Crippen LogP contribution in [-0.2, 0) is 4.84 Å². The third-order valence-corrected chi connectivity index (χ3v) is 5.62. The molecule has 0 spiro atoms. The maximum absolute atomic E-state index is 12.8. The van der Waals surface area contributed by atoms with Gasteiger partial charge in [0.05, 0.1) is 34.0 Å². The van der Waals surface area contributed by atoms with Gasteiger partial charge >= 0.3 is 5.97 Å². The van der Waals surface area contributed by atoms with Crippen molar-refractivity contribution in [2.45, 2.75) is 6.92 Å². The van der Waals surface area contributed by atoms with Gasteiger partial charge in [-0.2, -0.15) is 0 Å². The van der Waals surface area contributed by atoms with Gasteiger partial charge in [-0.1, -0.05) is 22.9 Å². The number of nitrogens with zero attached hydrogens (tertiary/aromatic N) is 2. The maximum atomic E-state index is 12.8. The van der Waals surface area contributed by atoms with Crippen molar-refractivity contribution in [2.75, 3.05) is 28.4 Å². The summed E-state index contributed by atoms with van der Waals surface area (Å²) in [5, 5.41) is 5.86. The molecule has 3 aromatic carbocycles. The molecule has 0 bridgehead atoms. The number of methoxy groups -OCH3 is 4. The standard InChI is InChI=1S/C28H26N2O6/c1-17-7-6-8-20(13-17)28(31)36-30-26(19-9-10-22(32-2)23(15-19)33-3)27-21-16-25(35-5)24(34-4)14-18(21)11-12-29-27/h6-16H,1-5H3/b30-26-. The summed E-state index contributed by atoms with van der Waals surface area (Å²) < 4.78 is 21.8. The van der Waals surface area contributed by atoms with Crippen LogP contribution in [0.3, 0.4) is 0 Å². The Labute approximate surface area is 209 Å². The van der Waals surface area contributed by atoms with E-state index in [4.69, 9.17) is 23.8 Å². The number of aromatic nitrogens is 1. The van der Waals surface area contributed by atoms with E-state index in [1.165, 1.54) is 0 Å². The Hall–Kier alpha value is -4.59. The summed E-state index contributed by atoms with van der Waals surface area (Å²) in [6, 6.07) is 17.9. The highest BCUT2D eigenvalue weighted by molar-refractivity contribution is 6.18. The molecule has 0 saturated heterocycles. The van der Waals surface area contributed by atoms with Crippen molar-refractivity contribution < 1.29 is 28.6 Å². The van der Waals surface area contributed by atoms with Crippen molar-refractivity contribution in [2.24, 2.45) is 5.16 Å². The SMILES string of the molecule is COc1ccc(/C(=N/OC(=O)c2cccc(C)c2)c2nccc3cc(OC)c(OC)cc23)cc1OC. The summed E-state index contributed by atoms with van der Waals surface area (Å²) in [7, 11) is 6.24. The highest BCUT2D eigenvalue weighted by atomic mass is 16.7. The molecule has 0 aliphatic rings. The summed E-state index contributed by atoms with van der Waals surface area (Å²) in [5.74, 6) is 1.57. The van der Waals surface area contributed by atoms with Crippen molar-refractivity contribution >= 4 is 22.5 Å². The summed E-state index contributed by atoms with van der Waals surface area (Å²) in [4.78, 5) is 22.8. The summed E-state index contributed by atoms with van der Waals surface area (Å²) >= 11 is 0. The van der Waals surface area contributed by atoms with E-state index in [1.54, 1.807) is 71.0 Å². The second-order valence-corrected chi connectivity index (χ2v) is 7.85. The molecule has 8 heteroatoms. The molecule has 0 radical (unpaired) electrons. The number of oxime groups is 1. The van der Waals surface area contributed by atoms with Gasteiger partial charge in [0, 0.05) is 17.1 Å². The molecule has 1 heterocycles. The van der Waals surface area contributed by atoms with Crippen LogP contribution in [0.5, 0.6) is 23.0 Å². The van der Waals surface area contributed by atoms with Crippen LogP contribution in [0, 0.1) is 6.92 Å². The number of benzene rings is 3. The van der Waals surface area contributed by atoms with Gasteiger partial charge in [0.2, 0.25) is 0 Å². The Balaban J connectivity index is 1.89. The number of pyridine rings is 1. The van der Waals surface area contributed by atoms with Crippen LogP contribution in [0.15, 0.2) is 72.0 Å². The Kier molecular flexibility index (Phi) is 7.34. The minimum atomic E-state index is -0.587. The first kappa shape index (κ1) is 24.5. The number of hydrogen-bond acceptors (Lipinski definition) is 8. The van der Waals surface area contributed by atoms with E-state index in [0.717, 1.165) is 16.3 Å². The topological polar surface area (TPSA) is 88.5 Å². The molecule has 0 aliphatic carbocycles. The predicted molar refractivity (Wildman–Crippen MR) is 137 cm³/mol. The van der Waals surface area contributed by atoms with Gasteiger partial charge in [-0.3, -0.25) is 4.98 Å². The van der Waals surface area contributed by atoms with E-state index in [9.17, 15) is 4.79 Å². The lowest BCUT2D eigenvalue weighted by Crippen LogP contribution is -2.11. The number of ether oxygens (including phenoxy) is 4. The number of fused-ring (bicyclic) bond motifs is 1. The van der Waals surface area contributed by atoms with Crippen LogP contribution in [0.25, 0.3) is 10.8 Å². The molecule has 36 heavy (non-hydrogen) atoms. The highest BCUT2D eigenvalue weighted by Gasteiger charge is 2.19. The van der Waals surface area contributed by atoms with Crippen LogP contribution in [0.1, 0.15) is 27.2 Å². The van der Waals surface area contributed by atoms with E-state index in [0.29, 0.717) is 45.5 Å². The smallest absolute Gasteiger partial charge is 0.365 e. The van der Waals surface area contributed by atoms with Crippen molar-refractivity contribution in [3.05, 3.63) is 89.2 Å². The fraction of sp³-hybridized carbons (Fsp3) is 0.179. The monoisotopic (exact) mass is 486 g/mol. The number of carbonyl (C=O) groups excluding carboxylic acids is 1. The highest BCUT2D eigenvalue weighted by Crippen LogP contribution is 2.35. The number of aryl methyl sites for hydroxylation is 1. The molecule has 1 aromatic heterocycles. The lowest BCUT2D eigenvalue weighted by molar-refractivity contribution is 0.0517. The van der Waals surface area contributed by atoms with Gasteiger partial charge in [0.25, 0.3) is 0 Å². The lowest BCUT2D eigenvalue weighted by atomic mass is 10.0. The normalized spacial score (nSPS) is 11.2. The number of rotatable bonds is 8. The Morgan fingerprint density at radius 2 is 1.44 bits per heavy atom. The van der Waals surface area contributed by atoms with Crippen molar-refractivity contribution in [3.8, 4) is 23.0 Å². The van der Waals surface area contributed by atoms with Gasteiger partial charge in [0.15, 0.2) is 23.0 Å². The summed E-state index contributed by atoms with van der Waals surface area (Å²) in [6.07, 6.45) is 1.65. The fourth-order valence-corrected chi connectivity index (χ4v) is 3.82. The van der Waals surface area contributed by atoms with Crippen LogP contribution >= 0.6 is 0 Å². The fourth-order valence-electron chi connectivity index (χ4n) is 3.82. The van der Waals surface area contributed by atoms with Crippen LogP contribution in [-0.4, -0.2) is 45.1 Å². The third-order valence-electron chi connectivity index (χ3n) is 5.62. The van der Waals surface area contributed by atoms with Gasteiger partial charge in [-0.15, -0.1) is 0 Å². The van der Waals surface area contributed by atoms with Gasteiger partial charge in [-0.25, -0.2) is 4.79 Å².